The fourth-order valence-electron chi connectivity index (χ4n) is 2.09. The smallest absolute Gasteiger partial charge is 0.120 e. The standard InChI is InChI=1S/C16H19NO2/c1-11-4-3-5-13(8-11)10-17-12(2)15-9-14(18)6-7-16(15)19/h3-9,12,17-19H,10H2,1-2H3. The van der Waals surface area contributed by atoms with Gasteiger partial charge >= 0.3 is 0 Å². The second-order valence-corrected chi connectivity index (χ2v) is 4.83. The van der Waals surface area contributed by atoms with E-state index in [-0.39, 0.29) is 17.5 Å². The van der Waals surface area contributed by atoms with Crippen LogP contribution < -0.4 is 5.32 Å². The Hall–Kier alpha value is -2.00. The van der Waals surface area contributed by atoms with Crippen molar-refractivity contribution in [1.82, 2.24) is 5.32 Å². The molecule has 0 bridgehead atoms. The van der Waals surface area contributed by atoms with Gasteiger partial charge < -0.3 is 15.5 Å². The molecule has 100 valence electrons. The molecule has 0 aliphatic rings. The first kappa shape index (κ1) is 13.4. The molecule has 19 heavy (non-hydrogen) atoms. The first-order chi connectivity index (χ1) is 9.06. The minimum Gasteiger partial charge on any atom is -0.508 e. The van der Waals surface area contributed by atoms with Crippen molar-refractivity contribution < 1.29 is 10.2 Å². The molecule has 0 fully saturated rings. The van der Waals surface area contributed by atoms with Gasteiger partial charge in [0.05, 0.1) is 0 Å². The lowest BCUT2D eigenvalue weighted by molar-refractivity contribution is 0.440. The summed E-state index contributed by atoms with van der Waals surface area (Å²) in [5.74, 6) is 0.360. The summed E-state index contributed by atoms with van der Waals surface area (Å²) in [6.45, 7) is 4.75. The molecule has 3 nitrogen and oxygen atoms in total. The Balaban J connectivity index is 2.05. The Morgan fingerprint density at radius 3 is 2.63 bits per heavy atom. The van der Waals surface area contributed by atoms with Crippen LogP contribution in [0.4, 0.5) is 0 Å². The first-order valence-corrected chi connectivity index (χ1v) is 6.37. The van der Waals surface area contributed by atoms with Crippen molar-refractivity contribution in [2.24, 2.45) is 0 Å². The second kappa shape index (κ2) is 5.76. The Bertz CT molecular complexity index is 566. The summed E-state index contributed by atoms with van der Waals surface area (Å²) < 4.78 is 0. The molecule has 1 unspecified atom stereocenters. The van der Waals surface area contributed by atoms with Gasteiger partial charge in [-0.3, -0.25) is 0 Å². The summed E-state index contributed by atoms with van der Waals surface area (Å²) in [5.41, 5.74) is 3.13. The van der Waals surface area contributed by atoms with E-state index in [1.807, 2.05) is 13.0 Å². The Kier molecular flexibility index (Phi) is 4.07. The van der Waals surface area contributed by atoms with Crippen molar-refractivity contribution >= 4 is 0 Å². The van der Waals surface area contributed by atoms with Crippen LogP contribution in [0, 0.1) is 6.92 Å². The average Bonchev–Trinajstić information content (AvgIpc) is 2.39. The quantitative estimate of drug-likeness (QED) is 0.737. The van der Waals surface area contributed by atoms with Gasteiger partial charge in [0.1, 0.15) is 11.5 Å². The van der Waals surface area contributed by atoms with E-state index in [1.54, 1.807) is 6.07 Å². The van der Waals surface area contributed by atoms with Crippen molar-refractivity contribution in [2.45, 2.75) is 26.4 Å². The average molecular weight is 257 g/mol. The minimum absolute atomic E-state index is 0.0346. The van der Waals surface area contributed by atoms with Gasteiger partial charge in [-0.15, -0.1) is 0 Å². The molecule has 2 rings (SSSR count). The van der Waals surface area contributed by atoms with Gasteiger partial charge in [-0.2, -0.15) is 0 Å². The Morgan fingerprint density at radius 1 is 1.11 bits per heavy atom. The maximum atomic E-state index is 9.80. The van der Waals surface area contributed by atoms with Gasteiger partial charge in [-0.05, 0) is 37.6 Å². The second-order valence-electron chi connectivity index (χ2n) is 4.83. The highest BCUT2D eigenvalue weighted by Gasteiger charge is 2.10. The van der Waals surface area contributed by atoms with Crippen LogP contribution in [0.1, 0.15) is 29.7 Å². The largest absolute Gasteiger partial charge is 0.508 e. The third-order valence-electron chi connectivity index (χ3n) is 3.17. The van der Waals surface area contributed by atoms with Gasteiger partial charge in [0.15, 0.2) is 0 Å². The number of phenols is 2. The highest BCUT2D eigenvalue weighted by Crippen LogP contribution is 2.27. The highest BCUT2D eigenvalue weighted by molar-refractivity contribution is 5.40. The van der Waals surface area contributed by atoms with Gasteiger partial charge in [-0.25, -0.2) is 0 Å². The molecule has 0 aromatic heterocycles. The lowest BCUT2D eigenvalue weighted by Gasteiger charge is -2.16. The number of hydrogen-bond donors (Lipinski definition) is 3. The molecule has 0 aliphatic heterocycles. The molecule has 0 radical (unpaired) electrons. The van der Waals surface area contributed by atoms with Crippen LogP contribution in [0.3, 0.4) is 0 Å². The number of benzene rings is 2. The van der Waals surface area contributed by atoms with Crippen molar-refractivity contribution in [3.8, 4) is 11.5 Å². The van der Waals surface area contributed by atoms with Crippen molar-refractivity contribution in [2.75, 3.05) is 0 Å². The molecule has 0 aliphatic carbocycles. The molecule has 0 amide bonds. The molecule has 0 heterocycles. The number of aryl methyl sites for hydroxylation is 1. The van der Waals surface area contributed by atoms with E-state index in [4.69, 9.17) is 0 Å². The van der Waals surface area contributed by atoms with E-state index in [0.717, 1.165) is 6.54 Å². The molecule has 0 saturated heterocycles. The summed E-state index contributed by atoms with van der Waals surface area (Å²) in [6.07, 6.45) is 0. The van der Waals surface area contributed by atoms with E-state index >= 15 is 0 Å². The number of hydrogen-bond acceptors (Lipinski definition) is 3. The fraction of sp³-hybridized carbons (Fsp3) is 0.250. The minimum atomic E-state index is -0.0346. The van der Waals surface area contributed by atoms with Gasteiger partial charge in [0.25, 0.3) is 0 Å². The van der Waals surface area contributed by atoms with Crippen LogP contribution in [0.2, 0.25) is 0 Å². The number of aromatic hydroxyl groups is 2. The molecule has 2 aromatic carbocycles. The third kappa shape index (κ3) is 3.48. The molecule has 1 atom stereocenters. The van der Waals surface area contributed by atoms with Crippen LogP contribution in [0.25, 0.3) is 0 Å². The van der Waals surface area contributed by atoms with E-state index in [2.05, 4.69) is 30.4 Å². The van der Waals surface area contributed by atoms with Gasteiger partial charge in [0, 0.05) is 18.2 Å². The topological polar surface area (TPSA) is 52.5 Å². The highest BCUT2D eigenvalue weighted by atomic mass is 16.3. The van der Waals surface area contributed by atoms with Crippen LogP contribution in [-0.4, -0.2) is 10.2 Å². The molecule has 3 heteroatoms. The summed E-state index contributed by atoms with van der Waals surface area (Å²) >= 11 is 0. The molecular weight excluding hydrogens is 238 g/mol. The molecule has 0 spiro atoms. The van der Waals surface area contributed by atoms with E-state index in [9.17, 15) is 10.2 Å². The lowest BCUT2D eigenvalue weighted by atomic mass is 10.1. The third-order valence-corrected chi connectivity index (χ3v) is 3.17. The molecule has 2 aromatic rings. The maximum Gasteiger partial charge on any atom is 0.120 e. The molecule has 3 N–H and O–H groups in total. The lowest BCUT2D eigenvalue weighted by Crippen LogP contribution is -2.18. The van der Waals surface area contributed by atoms with Crippen LogP contribution >= 0.6 is 0 Å². The number of nitrogens with one attached hydrogen (secondary N) is 1. The van der Waals surface area contributed by atoms with Crippen molar-refractivity contribution in [1.29, 1.82) is 0 Å². The van der Waals surface area contributed by atoms with E-state index in [1.165, 1.54) is 23.3 Å². The summed E-state index contributed by atoms with van der Waals surface area (Å²) in [4.78, 5) is 0. The first-order valence-electron chi connectivity index (χ1n) is 6.37. The zero-order valence-electron chi connectivity index (χ0n) is 11.2. The van der Waals surface area contributed by atoms with E-state index < -0.39 is 0 Å². The summed E-state index contributed by atoms with van der Waals surface area (Å²) in [5, 5.41) is 22.6. The predicted molar refractivity (Wildman–Crippen MR) is 76.2 cm³/mol. The zero-order valence-corrected chi connectivity index (χ0v) is 11.2. The van der Waals surface area contributed by atoms with Crippen LogP contribution in [0.15, 0.2) is 42.5 Å². The normalized spacial score (nSPS) is 12.3. The number of rotatable bonds is 4. The monoisotopic (exact) mass is 257 g/mol. The van der Waals surface area contributed by atoms with Crippen molar-refractivity contribution in [3.63, 3.8) is 0 Å². The maximum absolute atomic E-state index is 9.80. The predicted octanol–water partition coefficient (Wildman–Crippen LogP) is 3.26. The number of phenolic OH excluding ortho intramolecular Hbond substituents is 2. The van der Waals surface area contributed by atoms with Gasteiger partial charge in [0.2, 0.25) is 0 Å². The Labute approximate surface area is 113 Å². The van der Waals surface area contributed by atoms with E-state index in [0.29, 0.717) is 5.56 Å². The van der Waals surface area contributed by atoms with Gasteiger partial charge in [-0.1, -0.05) is 29.8 Å². The van der Waals surface area contributed by atoms with Crippen LogP contribution in [0.5, 0.6) is 11.5 Å². The molecule has 0 saturated carbocycles. The zero-order chi connectivity index (χ0) is 13.8. The fourth-order valence-corrected chi connectivity index (χ4v) is 2.09. The SMILES string of the molecule is Cc1cccc(CNC(C)c2cc(O)ccc2O)c1. The Morgan fingerprint density at radius 2 is 1.89 bits per heavy atom. The van der Waals surface area contributed by atoms with Crippen molar-refractivity contribution in [3.05, 3.63) is 59.2 Å². The summed E-state index contributed by atoms with van der Waals surface area (Å²) in [7, 11) is 0. The van der Waals surface area contributed by atoms with Crippen LogP contribution in [-0.2, 0) is 6.54 Å². The molecular formula is C16H19NO2. The summed E-state index contributed by atoms with van der Waals surface area (Å²) in [6, 6.07) is 12.8.